The second-order valence-electron chi connectivity index (χ2n) is 20.2. The van der Waals surface area contributed by atoms with E-state index in [-0.39, 0.29) is 69.2 Å². The van der Waals surface area contributed by atoms with E-state index in [0.29, 0.717) is 24.0 Å². The first-order valence-electron chi connectivity index (χ1n) is 26.5. The maximum Gasteiger partial charge on any atom is 0.326 e. The van der Waals surface area contributed by atoms with E-state index < -0.39 is 145 Å². The molecule has 2 rings (SSSR count). The normalized spacial score (nSPS) is 14.4. The highest BCUT2D eigenvalue weighted by atomic mass is 16.4. The van der Waals surface area contributed by atoms with Crippen LogP contribution in [-0.2, 0) is 65.6 Å². The molecule has 8 amide bonds. The van der Waals surface area contributed by atoms with Gasteiger partial charge in [-0.3, -0.25) is 52.9 Å². The summed E-state index contributed by atoms with van der Waals surface area (Å²) in [7, 11) is 0. The highest BCUT2D eigenvalue weighted by Gasteiger charge is 2.36. The van der Waals surface area contributed by atoms with Crippen molar-refractivity contribution in [3.05, 3.63) is 65.7 Å². The number of amides is 8. The number of unbranched alkanes of at least 4 members (excludes halogenated alkanes) is 1. The van der Waals surface area contributed by atoms with E-state index in [4.69, 9.17) is 22.9 Å². The molecule has 0 bridgehead atoms. The standard InChI is InChI=1S/C53H81N13O15/c1-28(2)24-37(62-47(75)36(20-21-41(68)69)61-45(73)34(14-9-10-22-54)59-44(72)30(5)55)48(76)60-35(15-11-23-58-53(56)57)46(74)63-39(26-32-16-18-33(67)19-17-32)49(77)64-38(25-31-12-7-6-8-13-31)50(78)65-40(27-42(70)71)51(79)66-43(29(3)4)52(80)81/h6-8,12-13,16-19,28-30,34-40,43,67H,9-11,14-15,20-27,54-55H2,1-5H3,(H,59,72)(H,60,76)(H,61,73)(H,62,75)(H,63,74)(H,64,77)(H,65,78)(H,66,79)(H,68,69)(H,70,71)(H,80,81)(H4,56,57,58)/t30-,34-,35-,36-,37-,38-,39-,40-,43-/m0/s1. The van der Waals surface area contributed by atoms with Gasteiger partial charge in [0.05, 0.1) is 12.5 Å². The number of nitrogens with two attached hydrogens (primary N) is 4. The number of carbonyl (C=O) groups excluding carboxylic acids is 8. The second-order valence-corrected chi connectivity index (χ2v) is 20.2. The van der Waals surface area contributed by atoms with Gasteiger partial charge in [0, 0.05) is 25.8 Å². The molecule has 28 nitrogen and oxygen atoms in total. The zero-order valence-electron chi connectivity index (χ0n) is 46.3. The van der Waals surface area contributed by atoms with Gasteiger partial charge in [-0.2, -0.15) is 0 Å². The lowest BCUT2D eigenvalue weighted by Crippen LogP contribution is -2.61. The molecule has 0 fully saturated rings. The fourth-order valence-corrected chi connectivity index (χ4v) is 8.00. The predicted molar refractivity (Wildman–Crippen MR) is 295 cm³/mol. The Hall–Kier alpha value is -8.40. The number of guanidine groups is 1. The van der Waals surface area contributed by atoms with Crippen LogP contribution < -0.4 is 65.5 Å². The Morgan fingerprint density at radius 1 is 0.506 bits per heavy atom. The number of phenolic OH excluding ortho intramolecular Hbond substituents is 1. The molecule has 28 heteroatoms. The number of nitrogens with one attached hydrogen (secondary N) is 8. The van der Waals surface area contributed by atoms with Crippen LogP contribution in [0.2, 0.25) is 0 Å². The Bertz CT molecular complexity index is 2470. The highest BCUT2D eigenvalue weighted by molar-refractivity contribution is 5.99. The molecule has 0 aliphatic rings. The molecule has 0 aliphatic carbocycles. The molecule has 448 valence electrons. The first-order valence-corrected chi connectivity index (χ1v) is 26.5. The molecule has 81 heavy (non-hydrogen) atoms. The third kappa shape index (κ3) is 26.4. The summed E-state index contributed by atoms with van der Waals surface area (Å²) in [6.45, 7) is 8.09. The van der Waals surface area contributed by atoms with Crippen molar-refractivity contribution < 1.29 is 73.2 Å². The molecule has 0 aliphatic heterocycles. The monoisotopic (exact) mass is 1140 g/mol. The Morgan fingerprint density at radius 2 is 0.938 bits per heavy atom. The third-order valence-corrected chi connectivity index (χ3v) is 12.4. The summed E-state index contributed by atoms with van der Waals surface area (Å²) in [5.74, 6) is -13.2. The minimum atomic E-state index is -1.83. The number of hydrogen-bond acceptors (Lipinski definition) is 15. The predicted octanol–water partition coefficient (Wildman–Crippen LogP) is -2.29. The van der Waals surface area contributed by atoms with Gasteiger partial charge in [-0.15, -0.1) is 0 Å². The van der Waals surface area contributed by atoms with Crippen LogP contribution in [0.15, 0.2) is 59.6 Å². The largest absolute Gasteiger partial charge is 0.508 e. The Morgan fingerprint density at radius 3 is 1.40 bits per heavy atom. The zero-order valence-corrected chi connectivity index (χ0v) is 46.3. The number of rotatable bonds is 37. The van der Waals surface area contributed by atoms with E-state index in [1.807, 2.05) is 0 Å². The van der Waals surface area contributed by atoms with Crippen molar-refractivity contribution >= 4 is 71.1 Å². The van der Waals surface area contributed by atoms with E-state index in [2.05, 4.69) is 47.5 Å². The van der Waals surface area contributed by atoms with Crippen LogP contribution in [0.3, 0.4) is 0 Å². The minimum Gasteiger partial charge on any atom is -0.508 e. The van der Waals surface area contributed by atoms with E-state index in [9.17, 15) is 73.2 Å². The highest BCUT2D eigenvalue weighted by Crippen LogP contribution is 2.15. The number of benzene rings is 2. The summed E-state index contributed by atoms with van der Waals surface area (Å²) in [6, 6.07) is 0.551. The summed E-state index contributed by atoms with van der Waals surface area (Å²) < 4.78 is 0. The smallest absolute Gasteiger partial charge is 0.326 e. The maximum atomic E-state index is 14.6. The van der Waals surface area contributed by atoms with Gasteiger partial charge in [-0.1, -0.05) is 70.2 Å². The molecule has 20 N–H and O–H groups in total. The maximum absolute atomic E-state index is 14.6. The van der Waals surface area contributed by atoms with Gasteiger partial charge in [-0.25, -0.2) is 4.79 Å². The van der Waals surface area contributed by atoms with E-state index >= 15 is 0 Å². The summed E-state index contributed by atoms with van der Waals surface area (Å²) in [5.41, 5.74) is 23.3. The van der Waals surface area contributed by atoms with Crippen molar-refractivity contribution in [1.82, 2.24) is 42.5 Å². The molecule has 0 unspecified atom stereocenters. The number of aromatic hydroxyl groups is 1. The zero-order chi connectivity index (χ0) is 60.9. The van der Waals surface area contributed by atoms with Crippen LogP contribution in [0.25, 0.3) is 0 Å². The van der Waals surface area contributed by atoms with Crippen LogP contribution in [0.4, 0.5) is 0 Å². The summed E-state index contributed by atoms with van der Waals surface area (Å²) in [6.07, 6.45) is -1.83. The second kappa shape index (κ2) is 35.3. The number of hydrogen-bond donors (Lipinski definition) is 16. The molecule has 0 saturated heterocycles. The lowest BCUT2D eigenvalue weighted by atomic mass is 10.00. The average Bonchev–Trinajstić information content (AvgIpc) is 3.40. The minimum absolute atomic E-state index is 0.0417. The van der Waals surface area contributed by atoms with Crippen molar-refractivity contribution in [3.63, 3.8) is 0 Å². The number of aliphatic carboxylic acids is 3. The lowest BCUT2D eigenvalue weighted by molar-refractivity contribution is -0.144. The van der Waals surface area contributed by atoms with Crippen molar-refractivity contribution in [2.45, 2.75) is 160 Å². The molecular formula is C53H81N13O15. The van der Waals surface area contributed by atoms with Gasteiger partial charge in [-0.05, 0) is 93.5 Å². The van der Waals surface area contributed by atoms with Gasteiger partial charge in [0.15, 0.2) is 5.96 Å². The molecular weight excluding hydrogens is 1060 g/mol. The topological polar surface area (TPSA) is 481 Å². The number of carboxylic acid groups (broad SMARTS) is 3. The first kappa shape index (κ1) is 68.7. The van der Waals surface area contributed by atoms with Crippen molar-refractivity contribution in [2.75, 3.05) is 13.1 Å². The molecule has 0 aromatic heterocycles. The lowest BCUT2D eigenvalue weighted by Gasteiger charge is -2.28. The van der Waals surface area contributed by atoms with Crippen molar-refractivity contribution in [1.29, 1.82) is 0 Å². The summed E-state index contributed by atoms with van der Waals surface area (Å²) >= 11 is 0. The molecule has 2 aromatic carbocycles. The van der Waals surface area contributed by atoms with Gasteiger partial charge in [0.25, 0.3) is 0 Å². The molecule has 0 spiro atoms. The van der Waals surface area contributed by atoms with Gasteiger partial charge < -0.3 is 85.9 Å². The third-order valence-electron chi connectivity index (χ3n) is 12.4. The van der Waals surface area contributed by atoms with Crippen molar-refractivity contribution in [2.24, 2.45) is 39.8 Å². The van der Waals surface area contributed by atoms with Gasteiger partial charge >= 0.3 is 17.9 Å². The van der Waals surface area contributed by atoms with Crippen LogP contribution in [0.5, 0.6) is 5.75 Å². The fraction of sp³-hybridized carbons (Fsp3) is 0.547. The van der Waals surface area contributed by atoms with E-state index in [0.717, 1.165) is 0 Å². The first-order chi connectivity index (χ1) is 38.1. The average molecular weight is 1140 g/mol. The number of aliphatic imine (C=N–C) groups is 1. The van der Waals surface area contributed by atoms with Crippen LogP contribution >= 0.6 is 0 Å². The number of carboxylic acids is 3. The Labute approximate surface area is 469 Å². The van der Waals surface area contributed by atoms with Crippen LogP contribution in [-0.4, -0.2) is 159 Å². The summed E-state index contributed by atoms with van der Waals surface area (Å²) in [4.78, 5) is 151. The molecule has 0 radical (unpaired) electrons. The van der Waals surface area contributed by atoms with Crippen LogP contribution in [0.1, 0.15) is 104 Å². The van der Waals surface area contributed by atoms with Crippen LogP contribution in [0, 0.1) is 11.8 Å². The van der Waals surface area contributed by atoms with Crippen molar-refractivity contribution in [3.8, 4) is 5.75 Å². The molecule has 0 heterocycles. The molecule has 9 atom stereocenters. The Balaban J connectivity index is 2.64. The molecule has 0 saturated carbocycles. The summed E-state index contributed by atoms with van der Waals surface area (Å²) in [5, 5.41) is 59.1. The van der Waals surface area contributed by atoms with E-state index in [1.54, 1.807) is 44.2 Å². The Kier molecular flexibility index (Phi) is 29.9. The SMILES string of the molecule is CC(C)C[C@H](NC(=O)[C@H](CCC(=O)O)NC(=O)[C@H](CCCCN)NC(=O)[C@H](C)N)C(=O)N[C@@H](CCCN=C(N)N)C(=O)N[C@@H](Cc1ccc(O)cc1)C(=O)N[C@@H](Cc1ccccc1)C(=O)N[C@@H](CC(=O)O)C(=O)N[C@H](C(=O)O)C(C)C. The number of carbonyl (C=O) groups is 11. The van der Waals surface area contributed by atoms with Gasteiger partial charge in [0.2, 0.25) is 47.3 Å². The molecule has 2 aromatic rings. The fourth-order valence-electron chi connectivity index (χ4n) is 8.00. The van der Waals surface area contributed by atoms with E-state index in [1.165, 1.54) is 45.0 Å². The van der Waals surface area contributed by atoms with Gasteiger partial charge in [0.1, 0.15) is 54.1 Å². The number of phenols is 1. The number of nitrogens with zero attached hydrogens (tertiary/aromatic N) is 1. The quantitative estimate of drug-likeness (QED) is 0.0192.